The Bertz CT molecular complexity index is 2060. The zero-order chi connectivity index (χ0) is 37.3. The Labute approximate surface area is 308 Å². The van der Waals surface area contributed by atoms with Crippen molar-refractivity contribution in [2.45, 2.75) is 88.5 Å². The lowest BCUT2D eigenvalue weighted by Crippen LogP contribution is -2.67. The third-order valence-electron chi connectivity index (χ3n) is 12.7. The van der Waals surface area contributed by atoms with E-state index in [1.807, 2.05) is 4.90 Å². The molecule has 0 spiro atoms. The highest BCUT2D eigenvalue weighted by atomic mass is 19.1. The van der Waals surface area contributed by atoms with E-state index < -0.39 is 17.2 Å². The quantitative estimate of drug-likeness (QED) is 0.209. The summed E-state index contributed by atoms with van der Waals surface area (Å²) in [5, 5.41) is 22.5. The van der Waals surface area contributed by atoms with E-state index in [4.69, 9.17) is 28.9 Å². The lowest BCUT2D eigenvalue weighted by molar-refractivity contribution is -0.161. The second kappa shape index (κ2) is 13.1. The predicted octanol–water partition coefficient (Wildman–Crippen LogP) is 6.40. The largest absolute Gasteiger partial charge is 0.508 e. The van der Waals surface area contributed by atoms with Crippen LogP contribution in [0.25, 0.3) is 32.9 Å². The highest BCUT2D eigenvalue weighted by Crippen LogP contribution is 2.58. The molecule has 4 aromatic rings. The van der Waals surface area contributed by atoms with Crippen LogP contribution in [0.1, 0.15) is 65.7 Å². The molecule has 0 unspecified atom stereocenters. The van der Waals surface area contributed by atoms with Crippen LogP contribution in [0.5, 0.6) is 17.6 Å². The van der Waals surface area contributed by atoms with E-state index in [0.717, 1.165) is 51.5 Å². The van der Waals surface area contributed by atoms with Gasteiger partial charge in [-0.05, 0) is 89.4 Å². The fourth-order valence-electron chi connectivity index (χ4n) is 9.85. The van der Waals surface area contributed by atoms with Crippen molar-refractivity contribution in [2.24, 2.45) is 5.41 Å². The molecule has 4 fully saturated rings. The molecule has 13 heteroatoms. The maximum absolute atomic E-state index is 17.2. The summed E-state index contributed by atoms with van der Waals surface area (Å²) in [5.74, 6) is -1.33. The molecule has 4 aliphatic rings. The molecule has 2 aromatic heterocycles. The molecular formula is C40H49F2N5O6. The molecular weight excluding hydrogens is 684 g/mol. The van der Waals surface area contributed by atoms with Crippen molar-refractivity contribution < 1.29 is 37.9 Å². The van der Waals surface area contributed by atoms with E-state index in [2.05, 4.69) is 23.7 Å². The first-order valence-corrected chi connectivity index (χ1v) is 18.7. The first-order valence-electron chi connectivity index (χ1n) is 18.7. The van der Waals surface area contributed by atoms with Crippen LogP contribution in [0.3, 0.4) is 0 Å². The van der Waals surface area contributed by atoms with E-state index >= 15 is 8.78 Å². The van der Waals surface area contributed by atoms with Gasteiger partial charge in [0.15, 0.2) is 5.82 Å². The van der Waals surface area contributed by atoms with E-state index in [9.17, 15) is 10.2 Å². The van der Waals surface area contributed by atoms with Gasteiger partial charge in [-0.15, -0.1) is 0 Å². The lowest BCUT2D eigenvalue weighted by Gasteiger charge is -2.61. The Morgan fingerprint density at radius 1 is 0.981 bits per heavy atom. The number of piperidine rings is 1. The molecule has 2 N–H and O–H groups in total. The van der Waals surface area contributed by atoms with Gasteiger partial charge in [-0.25, -0.2) is 13.8 Å². The van der Waals surface area contributed by atoms with Gasteiger partial charge < -0.3 is 34.1 Å². The molecule has 3 atom stereocenters. The maximum Gasteiger partial charge on any atom is 0.319 e. The van der Waals surface area contributed by atoms with Crippen LogP contribution in [0.2, 0.25) is 0 Å². The summed E-state index contributed by atoms with van der Waals surface area (Å²) in [6.07, 6.45) is 7.14. The number of aromatic nitrogens is 3. The van der Waals surface area contributed by atoms with E-state index in [0.29, 0.717) is 31.2 Å². The van der Waals surface area contributed by atoms with Crippen molar-refractivity contribution in [3.05, 3.63) is 42.0 Å². The number of β-amino-alcohol motifs (C(OH)–C–C–N with tert-alkyl or cyclic N) is 1. The normalized spacial score (nSPS) is 30.6. The van der Waals surface area contributed by atoms with E-state index in [1.54, 1.807) is 20.1 Å². The molecule has 284 valence electrons. The number of rotatable bonds is 8. The predicted molar refractivity (Wildman–Crippen MR) is 197 cm³/mol. The minimum Gasteiger partial charge on any atom is -0.508 e. The molecule has 2 saturated heterocycles. The van der Waals surface area contributed by atoms with Gasteiger partial charge in [-0.1, -0.05) is 18.6 Å². The molecule has 0 amide bonds. The summed E-state index contributed by atoms with van der Waals surface area (Å²) < 4.78 is 56.5. The number of hydrogen-bond acceptors (Lipinski definition) is 11. The SMILES string of the molecule is COc1nc(-c2cc(O)cc3cccc(F)c23)c(F)c2nc(OC[C@@]34CCCN(C5CC(C)(OC)C5)[C@]3(C)CCC4)nc(N3CCOC[C@@](C)(O)C3)c12. The fourth-order valence-corrected chi connectivity index (χ4v) is 9.85. The van der Waals surface area contributed by atoms with Gasteiger partial charge in [-0.2, -0.15) is 9.97 Å². The number of pyridine rings is 1. The number of phenols is 1. The average Bonchev–Trinajstić information content (AvgIpc) is 3.36. The van der Waals surface area contributed by atoms with Gasteiger partial charge >= 0.3 is 6.01 Å². The number of anilines is 1. The first-order chi connectivity index (χ1) is 25.3. The molecule has 4 heterocycles. The Balaban J connectivity index is 1.25. The maximum atomic E-state index is 17.2. The first kappa shape index (κ1) is 36.1. The van der Waals surface area contributed by atoms with Gasteiger partial charge in [0.25, 0.3) is 0 Å². The van der Waals surface area contributed by atoms with Crippen molar-refractivity contribution in [3.63, 3.8) is 0 Å². The number of halogens is 2. The van der Waals surface area contributed by atoms with Crippen LogP contribution in [0, 0.1) is 17.0 Å². The minimum absolute atomic E-state index is 0.00373. The van der Waals surface area contributed by atoms with Crippen molar-refractivity contribution in [3.8, 4) is 28.9 Å². The number of nitrogens with zero attached hydrogens (tertiary/aromatic N) is 5. The summed E-state index contributed by atoms with van der Waals surface area (Å²) in [4.78, 5) is 18.7. The molecule has 2 aliphatic carbocycles. The molecule has 2 saturated carbocycles. The minimum atomic E-state index is -1.23. The number of aliphatic hydroxyl groups is 1. The molecule has 2 aromatic carbocycles. The smallest absolute Gasteiger partial charge is 0.319 e. The number of phenolic OH excluding ortho intramolecular Hbond substituents is 1. The van der Waals surface area contributed by atoms with Crippen LogP contribution in [0.4, 0.5) is 14.6 Å². The molecule has 53 heavy (non-hydrogen) atoms. The Morgan fingerprint density at radius 3 is 2.55 bits per heavy atom. The Hall–Kier alpha value is -3.91. The average molecular weight is 734 g/mol. The number of aromatic hydroxyl groups is 1. The zero-order valence-corrected chi connectivity index (χ0v) is 31.2. The Kier molecular flexibility index (Phi) is 8.95. The van der Waals surface area contributed by atoms with E-state index in [-0.39, 0.29) is 80.7 Å². The highest BCUT2D eigenvalue weighted by molar-refractivity contribution is 6.02. The Morgan fingerprint density at radius 2 is 1.77 bits per heavy atom. The highest BCUT2D eigenvalue weighted by Gasteiger charge is 2.60. The monoisotopic (exact) mass is 733 g/mol. The van der Waals surface area contributed by atoms with Crippen LogP contribution < -0.4 is 14.4 Å². The van der Waals surface area contributed by atoms with Crippen LogP contribution in [-0.4, -0.2) is 107 Å². The summed E-state index contributed by atoms with van der Waals surface area (Å²) in [7, 11) is 3.20. The lowest BCUT2D eigenvalue weighted by atomic mass is 9.64. The number of likely N-dealkylation sites (tertiary alicyclic amines) is 1. The second-order valence-electron chi connectivity index (χ2n) is 16.3. The van der Waals surface area contributed by atoms with Gasteiger partial charge in [0.05, 0.1) is 39.1 Å². The van der Waals surface area contributed by atoms with Crippen LogP contribution in [-0.2, 0) is 9.47 Å². The van der Waals surface area contributed by atoms with E-state index in [1.165, 1.54) is 31.4 Å². The van der Waals surface area contributed by atoms with Crippen molar-refractivity contribution >= 4 is 27.5 Å². The molecule has 2 aliphatic heterocycles. The number of fused-ring (bicyclic) bond motifs is 3. The molecule has 8 rings (SSSR count). The number of hydrogen-bond donors (Lipinski definition) is 2. The number of ether oxygens (including phenoxy) is 4. The van der Waals surface area contributed by atoms with Gasteiger partial charge in [-0.3, -0.25) is 4.90 Å². The van der Waals surface area contributed by atoms with Gasteiger partial charge in [0.2, 0.25) is 5.88 Å². The number of benzene rings is 2. The second-order valence-corrected chi connectivity index (χ2v) is 16.3. The van der Waals surface area contributed by atoms with Gasteiger partial charge in [0.1, 0.15) is 39.6 Å². The molecule has 11 nitrogen and oxygen atoms in total. The summed E-state index contributed by atoms with van der Waals surface area (Å²) in [6, 6.07) is 7.58. The fraction of sp³-hybridized carbons (Fsp3) is 0.575. The zero-order valence-electron chi connectivity index (χ0n) is 31.2. The van der Waals surface area contributed by atoms with Crippen LogP contribution in [0.15, 0.2) is 30.3 Å². The van der Waals surface area contributed by atoms with Crippen molar-refractivity contribution in [1.82, 2.24) is 19.9 Å². The summed E-state index contributed by atoms with van der Waals surface area (Å²) >= 11 is 0. The van der Waals surface area contributed by atoms with Crippen molar-refractivity contribution in [2.75, 3.05) is 58.6 Å². The summed E-state index contributed by atoms with van der Waals surface area (Å²) in [5.41, 5.74) is -1.91. The third-order valence-corrected chi connectivity index (χ3v) is 12.7. The standard InChI is InChI=1S/C40H49F2N5O6/c1-37(49)21-46(15-16-52-22-37)34-30-33(31(42)32(43-35(30)50-4)27-18-26(48)17-24-9-6-10-28(41)29(24)27)44-36(45-34)53-23-40-12-7-11-39(40,3)47(14-8-13-40)25-19-38(2,20-25)51-5/h6,9-10,17-18,25,48-49H,7-8,11-16,19-23H2,1-5H3/t25?,37-,38?,39+,40+/m0/s1. The van der Waals surface area contributed by atoms with Crippen LogP contribution >= 0.6 is 0 Å². The third kappa shape index (κ3) is 6.04. The van der Waals surface area contributed by atoms with Gasteiger partial charge in [0, 0.05) is 41.6 Å². The van der Waals surface area contributed by atoms with Crippen molar-refractivity contribution in [1.29, 1.82) is 0 Å². The molecule has 0 radical (unpaired) electrons. The summed E-state index contributed by atoms with van der Waals surface area (Å²) in [6.45, 7) is 8.49. The topological polar surface area (TPSA) is 123 Å². The number of methoxy groups -OCH3 is 2. The molecule has 0 bridgehead atoms.